The van der Waals surface area contributed by atoms with Crippen LogP contribution in [-0.4, -0.2) is 51.2 Å². The van der Waals surface area contributed by atoms with E-state index in [1.807, 2.05) is 6.92 Å². The highest BCUT2D eigenvalue weighted by molar-refractivity contribution is 9.18. The van der Waals surface area contributed by atoms with Gasteiger partial charge in [-0.2, -0.15) is 0 Å². The summed E-state index contributed by atoms with van der Waals surface area (Å²) in [4.78, 5) is 47.4. The van der Waals surface area contributed by atoms with E-state index >= 15 is 0 Å². The summed E-state index contributed by atoms with van der Waals surface area (Å²) in [5.41, 5.74) is -2.67. The number of methoxy groups -OCH3 is 1. The van der Waals surface area contributed by atoms with Crippen molar-refractivity contribution in [3.8, 4) is 5.75 Å². The van der Waals surface area contributed by atoms with Crippen LogP contribution >= 0.6 is 15.9 Å². The molecule has 5 rings (SSSR count). The van der Waals surface area contributed by atoms with Crippen LogP contribution in [0.3, 0.4) is 0 Å². The number of fused-ring (bicyclic) bond motifs is 5. The molecule has 0 unspecified atom stereocenters. The first-order chi connectivity index (χ1) is 17.6. The number of aromatic nitrogens is 1. The van der Waals surface area contributed by atoms with Crippen LogP contribution in [0.4, 0.5) is 13.2 Å². The number of oxime groups is 1. The van der Waals surface area contributed by atoms with E-state index in [1.54, 1.807) is 4.90 Å². The normalized spacial score (nSPS) is 24.3. The fraction of sp³-hybridized carbons (Fsp3) is 0.417. The molecule has 3 aliphatic rings. The molecule has 0 aliphatic carbocycles. The van der Waals surface area contributed by atoms with Crippen molar-refractivity contribution in [1.82, 2.24) is 14.8 Å². The van der Waals surface area contributed by atoms with Gasteiger partial charge in [-0.3, -0.25) is 14.4 Å². The lowest BCUT2D eigenvalue weighted by Crippen LogP contribution is -2.52. The Labute approximate surface area is 217 Å². The molecule has 0 saturated carbocycles. The SMILES string of the molecule is COc1c2n(cc(C(=O)NCc3c(F)cc(F)cc3F)c1=O)[C@@H]1CN(C2=O)[C@@H](C)CC[C@@]12CC(Br)=NO2. The average molecular weight is 583 g/mol. The maximum Gasteiger partial charge on any atom is 0.274 e. The van der Waals surface area contributed by atoms with Crippen LogP contribution < -0.4 is 15.5 Å². The summed E-state index contributed by atoms with van der Waals surface area (Å²) < 4.78 is 48.8. The van der Waals surface area contributed by atoms with E-state index in [4.69, 9.17) is 9.57 Å². The Kier molecular flexibility index (Phi) is 6.29. The smallest absolute Gasteiger partial charge is 0.274 e. The Morgan fingerprint density at radius 3 is 2.62 bits per heavy atom. The summed E-state index contributed by atoms with van der Waals surface area (Å²) in [6.07, 6.45) is 2.85. The van der Waals surface area contributed by atoms with E-state index in [0.717, 1.165) is 0 Å². The quantitative estimate of drug-likeness (QED) is 0.596. The molecule has 1 N–H and O–H groups in total. The third-order valence-electron chi connectivity index (χ3n) is 7.24. The minimum Gasteiger partial charge on any atom is -0.491 e. The predicted octanol–water partition coefficient (Wildman–Crippen LogP) is 3.25. The largest absolute Gasteiger partial charge is 0.491 e. The zero-order valence-electron chi connectivity index (χ0n) is 19.8. The van der Waals surface area contributed by atoms with E-state index < -0.39 is 64.0 Å². The molecule has 1 saturated heterocycles. The molecule has 196 valence electrons. The third-order valence-corrected chi connectivity index (χ3v) is 7.66. The molecular weight excluding hydrogens is 561 g/mol. The lowest BCUT2D eigenvalue weighted by atomic mass is 9.86. The molecule has 1 spiro atoms. The van der Waals surface area contributed by atoms with Gasteiger partial charge < -0.3 is 24.4 Å². The number of halogens is 4. The minimum atomic E-state index is -1.18. The number of benzene rings is 1. The Balaban J connectivity index is 1.58. The third kappa shape index (κ3) is 4.09. The van der Waals surface area contributed by atoms with Gasteiger partial charge in [-0.15, -0.1) is 0 Å². The molecule has 4 heterocycles. The first kappa shape index (κ1) is 25.3. The number of nitrogens with one attached hydrogen (secondary N) is 1. The van der Waals surface area contributed by atoms with Gasteiger partial charge in [0.2, 0.25) is 5.43 Å². The zero-order valence-corrected chi connectivity index (χ0v) is 21.4. The van der Waals surface area contributed by atoms with Crippen LogP contribution in [0, 0.1) is 17.5 Å². The van der Waals surface area contributed by atoms with Gasteiger partial charge in [0.05, 0.1) is 13.2 Å². The number of hydrogen-bond donors (Lipinski definition) is 1. The van der Waals surface area contributed by atoms with Crippen LogP contribution in [0.15, 0.2) is 28.3 Å². The van der Waals surface area contributed by atoms with Gasteiger partial charge in [-0.05, 0) is 35.7 Å². The molecule has 2 amide bonds. The van der Waals surface area contributed by atoms with Crippen molar-refractivity contribution >= 4 is 32.4 Å². The van der Waals surface area contributed by atoms with E-state index in [-0.39, 0.29) is 24.0 Å². The van der Waals surface area contributed by atoms with Crippen molar-refractivity contribution in [2.75, 3.05) is 13.7 Å². The van der Waals surface area contributed by atoms with Crippen molar-refractivity contribution in [2.24, 2.45) is 5.16 Å². The maximum absolute atomic E-state index is 14.1. The fourth-order valence-electron chi connectivity index (χ4n) is 5.25. The highest BCUT2D eigenvalue weighted by atomic mass is 79.9. The summed E-state index contributed by atoms with van der Waals surface area (Å²) in [5.74, 6) is -5.15. The lowest BCUT2D eigenvalue weighted by Gasteiger charge is -2.42. The van der Waals surface area contributed by atoms with E-state index in [0.29, 0.717) is 36.0 Å². The zero-order chi connectivity index (χ0) is 26.6. The van der Waals surface area contributed by atoms with Crippen molar-refractivity contribution in [3.63, 3.8) is 0 Å². The van der Waals surface area contributed by atoms with Gasteiger partial charge in [-0.25, -0.2) is 13.2 Å². The van der Waals surface area contributed by atoms with E-state index in [1.165, 1.54) is 17.9 Å². The molecule has 1 fully saturated rings. The predicted molar refractivity (Wildman–Crippen MR) is 128 cm³/mol. The van der Waals surface area contributed by atoms with Crippen LogP contribution in [0.1, 0.15) is 58.6 Å². The number of ether oxygens (including phenoxy) is 1. The van der Waals surface area contributed by atoms with Crippen LogP contribution in [0.5, 0.6) is 5.75 Å². The van der Waals surface area contributed by atoms with Crippen molar-refractivity contribution in [1.29, 1.82) is 0 Å². The van der Waals surface area contributed by atoms with Gasteiger partial charge in [0.1, 0.15) is 27.6 Å². The summed E-state index contributed by atoms with van der Waals surface area (Å²) in [6, 6.07) is 0.325. The first-order valence-corrected chi connectivity index (χ1v) is 12.3. The highest BCUT2D eigenvalue weighted by Gasteiger charge is 2.54. The average Bonchev–Trinajstić information content (AvgIpc) is 3.17. The molecule has 2 aromatic rings. The molecule has 0 radical (unpaired) electrons. The number of pyridine rings is 1. The van der Waals surface area contributed by atoms with Crippen molar-refractivity contribution in [2.45, 2.75) is 50.4 Å². The highest BCUT2D eigenvalue weighted by Crippen LogP contribution is 2.46. The summed E-state index contributed by atoms with van der Waals surface area (Å²) in [6.45, 7) is 1.53. The molecule has 3 atom stereocenters. The number of hydrogen-bond acceptors (Lipinski definition) is 6. The van der Waals surface area contributed by atoms with Gasteiger partial charge in [0, 0.05) is 49.4 Å². The van der Waals surface area contributed by atoms with Gasteiger partial charge >= 0.3 is 0 Å². The molecule has 2 bridgehead atoms. The maximum atomic E-state index is 14.1. The second kappa shape index (κ2) is 9.19. The van der Waals surface area contributed by atoms with Crippen LogP contribution in [-0.2, 0) is 11.4 Å². The monoisotopic (exact) mass is 582 g/mol. The molecule has 3 aliphatic heterocycles. The summed E-state index contributed by atoms with van der Waals surface area (Å²) in [7, 11) is 1.22. The van der Waals surface area contributed by atoms with Gasteiger partial charge in [0.25, 0.3) is 11.8 Å². The van der Waals surface area contributed by atoms with Crippen LogP contribution in [0.25, 0.3) is 0 Å². The van der Waals surface area contributed by atoms with Crippen LogP contribution in [0.2, 0.25) is 0 Å². The number of amides is 2. The second-order valence-corrected chi connectivity index (χ2v) is 10.3. The van der Waals surface area contributed by atoms with E-state index in [2.05, 4.69) is 26.4 Å². The number of carbonyl (C=O) groups excluding carboxylic acids is 2. The Hall–Kier alpha value is -3.35. The second-order valence-electron chi connectivity index (χ2n) is 9.35. The molecular formula is C24H22BrF3N4O5. The number of carbonyl (C=O) groups is 2. The molecule has 1 aromatic heterocycles. The Morgan fingerprint density at radius 1 is 1.30 bits per heavy atom. The van der Waals surface area contributed by atoms with Crippen molar-refractivity contribution < 1.29 is 32.3 Å². The topological polar surface area (TPSA) is 102 Å². The van der Waals surface area contributed by atoms with Gasteiger partial charge in [0.15, 0.2) is 17.0 Å². The fourth-order valence-corrected chi connectivity index (χ4v) is 5.80. The molecule has 1 aromatic carbocycles. The van der Waals surface area contributed by atoms with Crippen molar-refractivity contribution in [3.05, 3.63) is 62.8 Å². The summed E-state index contributed by atoms with van der Waals surface area (Å²) >= 11 is 3.38. The van der Waals surface area contributed by atoms with Gasteiger partial charge in [-0.1, -0.05) is 5.16 Å². The first-order valence-electron chi connectivity index (χ1n) is 11.5. The lowest BCUT2D eigenvalue weighted by molar-refractivity contribution is -0.0655. The summed E-state index contributed by atoms with van der Waals surface area (Å²) in [5, 5.41) is 6.37. The Morgan fingerprint density at radius 2 is 2.00 bits per heavy atom. The minimum absolute atomic E-state index is 0.0179. The van der Waals surface area contributed by atoms with E-state index in [9.17, 15) is 27.6 Å². The molecule has 13 heteroatoms. The number of nitrogens with zero attached hydrogens (tertiary/aromatic N) is 3. The Bertz CT molecular complexity index is 1390. The standard InChI is InChI=1S/C24H22BrF3N4O5/c1-11-3-4-24(7-18(25)30-37-24)17-10-31(11)23(35)19-21(36-2)20(33)14(9-32(17)19)22(34)29-8-13-15(27)5-12(26)6-16(13)28/h5-6,9,11,17H,3-4,7-8,10H2,1-2H3,(H,29,34)/t11-,17+,24+/m0/s1. The molecule has 9 nitrogen and oxygen atoms in total. The molecule has 37 heavy (non-hydrogen) atoms. The number of rotatable bonds is 4.